The number of aromatic nitrogens is 2. The molecule has 1 heterocycles. The van der Waals surface area contributed by atoms with Crippen molar-refractivity contribution in [1.82, 2.24) is 9.55 Å². The van der Waals surface area contributed by atoms with Crippen molar-refractivity contribution in [1.29, 1.82) is 0 Å². The van der Waals surface area contributed by atoms with Gasteiger partial charge in [0.1, 0.15) is 12.4 Å². The van der Waals surface area contributed by atoms with Gasteiger partial charge >= 0.3 is 12.1 Å². The van der Waals surface area contributed by atoms with Gasteiger partial charge in [-0.25, -0.2) is 4.98 Å². The van der Waals surface area contributed by atoms with Crippen LogP contribution in [-0.2, 0) is 17.5 Å². The SMILES string of the molecule is Cc1cc(=O)n(CC(=O)O)c(-c2ccc(C(F)(F)F)cc2)n1. The largest absolute Gasteiger partial charge is 0.480 e. The van der Waals surface area contributed by atoms with Crippen LogP contribution in [0.4, 0.5) is 13.2 Å². The fourth-order valence-corrected chi connectivity index (χ4v) is 1.94. The molecule has 0 saturated carbocycles. The highest BCUT2D eigenvalue weighted by molar-refractivity contribution is 5.68. The van der Waals surface area contributed by atoms with E-state index in [1.165, 1.54) is 0 Å². The minimum absolute atomic E-state index is 0.0149. The van der Waals surface area contributed by atoms with E-state index in [4.69, 9.17) is 5.11 Å². The number of aliphatic carboxylic acids is 1. The number of alkyl halides is 3. The Morgan fingerprint density at radius 3 is 2.36 bits per heavy atom. The number of carboxylic acid groups (broad SMARTS) is 1. The smallest absolute Gasteiger partial charge is 0.416 e. The fraction of sp³-hybridized carbons (Fsp3) is 0.214. The van der Waals surface area contributed by atoms with E-state index < -0.39 is 29.8 Å². The van der Waals surface area contributed by atoms with Gasteiger partial charge in [0, 0.05) is 17.3 Å². The van der Waals surface area contributed by atoms with Gasteiger partial charge in [-0.1, -0.05) is 12.1 Å². The number of nitrogens with zero attached hydrogens (tertiary/aromatic N) is 2. The molecule has 0 fully saturated rings. The molecule has 5 nitrogen and oxygen atoms in total. The molecule has 0 aliphatic carbocycles. The van der Waals surface area contributed by atoms with Crippen molar-refractivity contribution in [2.45, 2.75) is 19.6 Å². The summed E-state index contributed by atoms with van der Waals surface area (Å²) in [5.74, 6) is -1.23. The third-order valence-electron chi connectivity index (χ3n) is 2.90. The molecule has 1 N–H and O–H groups in total. The van der Waals surface area contributed by atoms with Gasteiger partial charge in [-0.15, -0.1) is 0 Å². The summed E-state index contributed by atoms with van der Waals surface area (Å²) in [6, 6.07) is 5.19. The molecule has 0 aliphatic rings. The maximum atomic E-state index is 12.6. The predicted molar refractivity (Wildman–Crippen MR) is 71.3 cm³/mol. The maximum Gasteiger partial charge on any atom is 0.416 e. The number of hydrogen-bond donors (Lipinski definition) is 1. The molecule has 0 atom stereocenters. The van der Waals surface area contributed by atoms with Crippen molar-refractivity contribution in [3.63, 3.8) is 0 Å². The molecule has 1 aromatic carbocycles. The summed E-state index contributed by atoms with van der Waals surface area (Å²) >= 11 is 0. The first-order chi connectivity index (χ1) is 10.2. The van der Waals surface area contributed by atoms with Gasteiger partial charge in [0.15, 0.2) is 0 Å². The third kappa shape index (κ3) is 3.33. The van der Waals surface area contributed by atoms with Crippen LogP contribution in [0.5, 0.6) is 0 Å². The minimum Gasteiger partial charge on any atom is -0.480 e. The quantitative estimate of drug-likeness (QED) is 0.944. The number of carboxylic acids is 1. The number of benzene rings is 1. The third-order valence-corrected chi connectivity index (χ3v) is 2.90. The van der Waals surface area contributed by atoms with Crippen molar-refractivity contribution < 1.29 is 23.1 Å². The summed E-state index contributed by atoms with van der Waals surface area (Å²) in [6.45, 7) is 0.919. The molecule has 0 bridgehead atoms. The number of aryl methyl sites for hydroxylation is 1. The van der Waals surface area contributed by atoms with Crippen LogP contribution in [0.1, 0.15) is 11.3 Å². The summed E-state index contributed by atoms with van der Waals surface area (Å²) < 4.78 is 38.6. The topological polar surface area (TPSA) is 72.2 Å². The van der Waals surface area contributed by atoms with Gasteiger partial charge in [0.25, 0.3) is 5.56 Å². The Bertz CT molecular complexity index is 764. The van der Waals surface area contributed by atoms with Crippen LogP contribution in [0.15, 0.2) is 35.1 Å². The summed E-state index contributed by atoms with van der Waals surface area (Å²) in [4.78, 5) is 26.8. The molecule has 2 rings (SSSR count). The monoisotopic (exact) mass is 312 g/mol. The summed E-state index contributed by atoms with van der Waals surface area (Å²) in [5.41, 5.74) is -0.836. The van der Waals surface area contributed by atoms with Gasteiger partial charge in [0.2, 0.25) is 0 Å². The molecule has 0 spiro atoms. The van der Waals surface area contributed by atoms with E-state index in [-0.39, 0.29) is 11.4 Å². The van der Waals surface area contributed by atoms with Crippen LogP contribution >= 0.6 is 0 Å². The first kappa shape index (κ1) is 15.7. The van der Waals surface area contributed by atoms with Crippen LogP contribution in [0.2, 0.25) is 0 Å². The van der Waals surface area contributed by atoms with Crippen molar-refractivity contribution >= 4 is 5.97 Å². The lowest BCUT2D eigenvalue weighted by Crippen LogP contribution is -2.26. The molecular weight excluding hydrogens is 301 g/mol. The lowest BCUT2D eigenvalue weighted by atomic mass is 10.1. The number of hydrogen-bond acceptors (Lipinski definition) is 3. The fourth-order valence-electron chi connectivity index (χ4n) is 1.94. The second-order valence-corrected chi connectivity index (χ2v) is 4.61. The van der Waals surface area contributed by atoms with Crippen molar-refractivity contribution in [2.24, 2.45) is 0 Å². The van der Waals surface area contributed by atoms with Crippen LogP contribution < -0.4 is 5.56 Å². The van der Waals surface area contributed by atoms with E-state index in [9.17, 15) is 22.8 Å². The lowest BCUT2D eigenvalue weighted by Gasteiger charge is -2.12. The van der Waals surface area contributed by atoms with Gasteiger partial charge in [-0.05, 0) is 19.1 Å². The van der Waals surface area contributed by atoms with Crippen LogP contribution in [0.3, 0.4) is 0 Å². The van der Waals surface area contributed by atoms with Gasteiger partial charge in [-0.3, -0.25) is 14.2 Å². The van der Waals surface area contributed by atoms with E-state index >= 15 is 0 Å². The second kappa shape index (κ2) is 5.63. The predicted octanol–water partition coefficient (Wildman–Crippen LogP) is 2.32. The average Bonchev–Trinajstić information content (AvgIpc) is 2.40. The second-order valence-electron chi connectivity index (χ2n) is 4.61. The van der Waals surface area contributed by atoms with Crippen molar-refractivity contribution in [2.75, 3.05) is 0 Å². The molecule has 22 heavy (non-hydrogen) atoms. The van der Waals surface area contributed by atoms with E-state index in [2.05, 4.69) is 4.98 Å². The highest BCUT2D eigenvalue weighted by atomic mass is 19.4. The molecule has 116 valence electrons. The Morgan fingerprint density at radius 1 is 1.27 bits per heavy atom. The average molecular weight is 312 g/mol. The van der Waals surface area contributed by atoms with Gasteiger partial charge in [0.05, 0.1) is 5.56 Å². The Hall–Kier alpha value is -2.64. The zero-order valence-electron chi connectivity index (χ0n) is 11.4. The molecule has 0 aliphatic heterocycles. The number of rotatable bonds is 3. The van der Waals surface area contributed by atoms with Crippen LogP contribution in [0, 0.1) is 6.92 Å². The zero-order valence-corrected chi connectivity index (χ0v) is 11.4. The molecule has 0 saturated heterocycles. The van der Waals surface area contributed by atoms with E-state index in [0.29, 0.717) is 5.69 Å². The first-order valence-electron chi connectivity index (χ1n) is 6.16. The van der Waals surface area contributed by atoms with Crippen molar-refractivity contribution in [3.05, 3.63) is 51.9 Å². The lowest BCUT2D eigenvalue weighted by molar-refractivity contribution is -0.138. The molecule has 0 unspecified atom stereocenters. The van der Waals surface area contributed by atoms with E-state index in [0.717, 1.165) is 34.9 Å². The van der Waals surface area contributed by atoms with E-state index in [1.807, 2.05) is 0 Å². The minimum atomic E-state index is -4.47. The molecule has 8 heteroatoms. The Balaban J connectivity index is 2.56. The maximum absolute atomic E-state index is 12.6. The Kier molecular flexibility index (Phi) is 4.03. The van der Waals surface area contributed by atoms with Crippen LogP contribution in [-0.4, -0.2) is 20.6 Å². The highest BCUT2D eigenvalue weighted by Crippen LogP contribution is 2.30. The summed E-state index contributed by atoms with van der Waals surface area (Å²) in [5, 5.41) is 8.85. The first-order valence-corrected chi connectivity index (χ1v) is 6.16. The normalized spacial score (nSPS) is 11.5. The standard InChI is InChI=1S/C14H11F3N2O3/c1-8-6-11(20)19(7-12(21)22)13(18-8)9-2-4-10(5-3-9)14(15,16)17/h2-6H,7H2,1H3,(H,21,22). The molecule has 0 amide bonds. The van der Waals surface area contributed by atoms with Gasteiger partial charge < -0.3 is 5.11 Å². The van der Waals surface area contributed by atoms with E-state index in [1.54, 1.807) is 6.92 Å². The Morgan fingerprint density at radius 2 is 1.86 bits per heavy atom. The van der Waals surface area contributed by atoms with Crippen molar-refractivity contribution in [3.8, 4) is 11.4 Å². The molecular formula is C14H11F3N2O3. The molecule has 0 radical (unpaired) electrons. The number of halogens is 3. The highest BCUT2D eigenvalue weighted by Gasteiger charge is 2.30. The summed E-state index contributed by atoms with van der Waals surface area (Å²) in [6.07, 6.45) is -4.47. The molecule has 2 aromatic rings. The Labute approximate surface area is 122 Å². The molecule has 1 aromatic heterocycles. The van der Waals surface area contributed by atoms with Crippen LogP contribution in [0.25, 0.3) is 11.4 Å². The number of carbonyl (C=O) groups is 1. The van der Waals surface area contributed by atoms with Gasteiger partial charge in [-0.2, -0.15) is 13.2 Å². The summed E-state index contributed by atoms with van der Waals surface area (Å²) in [7, 11) is 0. The zero-order chi connectivity index (χ0) is 16.5.